The summed E-state index contributed by atoms with van der Waals surface area (Å²) in [5.74, 6) is 0. The van der Waals surface area contributed by atoms with Crippen molar-refractivity contribution >= 4 is 48.9 Å². The molecule has 0 saturated heterocycles. The van der Waals surface area contributed by atoms with Crippen LogP contribution < -0.4 is 0 Å². The van der Waals surface area contributed by atoms with Crippen molar-refractivity contribution in [1.82, 2.24) is 14.4 Å². The van der Waals surface area contributed by atoms with Crippen molar-refractivity contribution in [1.29, 1.82) is 0 Å². The van der Waals surface area contributed by atoms with Gasteiger partial charge < -0.3 is 4.40 Å². The minimum atomic E-state index is 0.931. The third-order valence-corrected chi connectivity index (χ3v) is 8.60. The molecule has 0 atom stereocenters. The molecule has 0 saturated carbocycles. The fourth-order valence-electron chi connectivity index (χ4n) is 6.56. The van der Waals surface area contributed by atoms with E-state index in [4.69, 9.17) is 9.97 Å². The Morgan fingerprint density at radius 2 is 1.02 bits per heavy atom. The van der Waals surface area contributed by atoms with Crippen molar-refractivity contribution in [2.24, 2.45) is 0 Å². The van der Waals surface area contributed by atoms with Gasteiger partial charge in [0.05, 0.1) is 16.9 Å². The van der Waals surface area contributed by atoms with E-state index in [9.17, 15) is 0 Å². The van der Waals surface area contributed by atoms with Gasteiger partial charge >= 0.3 is 0 Å². The van der Waals surface area contributed by atoms with E-state index < -0.39 is 0 Å². The highest BCUT2D eigenvalue weighted by Gasteiger charge is 2.17. The Balaban J connectivity index is 1.23. The van der Waals surface area contributed by atoms with Gasteiger partial charge in [0.25, 0.3) is 0 Å². The molecule has 0 radical (unpaired) electrons. The number of fused-ring (bicyclic) bond motifs is 9. The Kier molecular flexibility index (Phi) is 5.20. The molecule has 3 heteroatoms. The summed E-state index contributed by atoms with van der Waals surface area (Å²) in [5, 5.41) is 8.66. The van der Waals surface area contributed by atoms with E-state index in [0.29, 0.717) is 0 Å². The monoisotopic (exact) mass is 547 g/mol. The molecule has 0 aliphatic carbocycles. The molecular formula is C40H25N3. The molecule has 9 aromatic rings. The molecule has 0 fully saturated rings. The fourth-order valence-corrected chi connectivity index (χ4v) is 6.56. The molecule has 0 spiro atoms. The molecule has 43 heavy (non-hydrogen) atoms. The number of aromatic nitrogens is 3. The summed E-state index contributed by atoms with van der Waals surface area (Å²) in [6.45, 7) is 0. The third kappa shape index (κ3) is 3.75. The number of benzene rings is 6. The van der Waals surface area contributed by atoms with Gasteiger partial charge in [-0.05, 0) is 50.9 Å². The minimum Gasteiger partial charge on any atom is -0.306 e. The van der Waals surface area contributed by atoms with E-state index in [1.165, 1.54) is 37.7 Å². The van der Waals surface area contributed by atoms with E-state index in [2.05, 4.69) is 138 Å². The lowest BCUT2D eigenvalue weighted by molar-refractivity contribution is 1.19. The number of imidazole rings is 1. The zero-order valence-corrected chi connectivity index (χ0v) is 23.3. The summed E-state index contributed by atoms with van der Waals surface area (Å²) < 4.78 is 2.08. The molecular weight excluding hydrogens is 522 g/mol. The second-order valence-corrected chi connectivity index (χ2v) is 11.1. The van der Waals surface area contributed by atoms with Crippen LogP contribution in [0.25, 0.3) is 82.5 Å². The zero-order chi connectivity index (χ0) is 28.3. The number of hydrogen-bond donors (Lipinski definition) is 0. The van der Waals surface area contributed by atoms with Gasteiger partial charge in [0.1, 0.15) is 5.65 Å². The summed E-state index contributed by atoms with van der Waals surface area (Å²) in [6.07, 6.45) is 4.18. The van der Waals surface area contributed by atoms with Crippen molar-refractivity contribution in [3.8, 4) is 33.6 Å². The maximum Gasteiger partial charge on any atom is 0.138 e. The number of pyridine rings is 2. The van der Waals surface area contributed by atoms with Gasteiger partial charge in [0, 0.05) is 39.7 Å². The molecule has 0 unspecified atom stereocenters. The molecule has 3 nitrogen and oxygen atoms in total. The molecule has 3 aromatic heterocycles. The van der Waals surface area contributed by atoms with Crippen LogP contribution >= 0.6 is 0 Å². The first-order valence-corrected chi connectivity index (χ1v) is 14.6. The quantitative estimate of drug-likeness (QED) is 0.206. The molecule has 0 bridgehead atoms. The van der Waals surface area contributed by atoms with E-state index in [0.717, 1.165) is 44.8 Å². The highest BCUT2D eigenvalue weighted by molar-refractivity contribution is 6.33. The Bertz CT molecular complexity index is 2490. The van der Waals surface area contributed by atoms with Crippen molar-refractivity contribution < 1.29 is 0 Å². The normalized spacial score (nSPS) is 11.7. The van der Waals surface area contributed by atoms with Crippen LogP contribution in [-0.2, 0) is 0 Å². The summed E-state index contributed by atoms with van der Waals surface area (Å²) in [7, 11) is 0. The predicted molar refractivity (Wildman–Crippen MR) is 179 cm³/mol. The number of nitrogens with zero attached hydrogens (tertiary/aromatic N) is 3. The first-order chi connectivity index (χ1) is 21.3. The molecule has 0 aliphatic heterocycles. The van der Waals surface area contributed by atoms with Gasteiger partial charge in [-0.25, -0.2) is 9.97 Å². The van der Waals surface area contributed by atoms with Gasteiger partial charge in [-0.2, -0.15) is 0 Å². The smallest absolute Gasteiger partial charge is 0.138 e. The lowest BCUT2D eigenvalue weighted by Crippen LogP contribution is -1.93. The summed E-state index contributed by atoms with van der Waals surface area (Å²) in [4.78, 5) is 10.2. The molecule has 0 aliphatic rings. The molecule has 9 rings (SSSR count). The van der Waals surface area contributed by atoms with Gasteiger partial charge in [-0.1, -0.05) is 121 Å². The Morgan fingerprint density at radius 3 is 1.77 bits per heavy atom. The average molecular weight is 548 g/mol. The van der Waals surface area contributed by atoms with E-state index in [-0.39, 0.29) is 0 Å². The van der Waals surface area contributed by atoms with Gasteiger partial charge in [-0.15, -0.1) is 0 Å². The van der Waals surface area contributed by atoms with Crippen LogP contribution in [0.5, 0.6) is 0 Å². The first-order valence-electron chi connectivity index (χ1n) is 14.6. The average Bonchev–Trinajstić information content (AvgIpc) is 3.52. The minimum absolute atomic E-state index is 0.931. The predicted octanol–water partition coefficient (Wildman–Crippen LogP) is 10.3. The van der Waals surface area contributed by atoms with Gasteiger partial charge in [-0.3, -0.25) is 0 Å². The van der Waals surface area contributed by atoms with Crippen LogP contribution in [0.3, 0.4) is 0 Å². The Hall–Kier alpha value is -5.80. The molecule has 200 valence electrons. The zero-order valence-electron chi connectivity index (χ0n) is 23.3. The second kappa shape index (κ2) is 9.37. The number of rotatable bonds is 3. The van der Waals surface area contributed by atoms with E-state index in [1.54, 1.807) is 0 Å². The van der Waals surface area contributed by atoms with Crippen LogP contribution in [0.2, 0.25) is 0 Å². The van der Waals surface area contributed by atoms with E-state index >= 15 is 0 Å². The topological polar surface area (TPSA) is 30.2 Å². The summed E-state index contributed by atoms with van der Waals surface area (Å²) >= 11 is 0. The maximum atomic E-state index is 5.29. The molecule has 0 amide bonds. The summed E-state index contributed by atoms with van der Waals surface area (Å²) in [5.41, 5.74) is 8.43. The molecule has 3 heterocycles. The van der Waals surface area contributed by atoms with Crippen molar-refractivity contribution in [2.75, 3.05) is 0 Å². The third-order valence-electron chi connectivity index (χ3n) is 8.60. The van der Waals surface area contributed by atoms with Gasteiger partial charge in [0.15, 0.2) is 0 Å². The van der Waals surface area contributed by atoms with Crippen molar-refractivity contribution in [3.05, 3.63) is 152 Å². The second-order valence-electron chi connectivity index (χ2n) is 11.1. The largest absolute Gasteiger partial charge is 0.306 e. The standard InChI is InChI=1S/C40H25N3/c1-2-10-27(11-3-1)36-25-43-23-22-29(24-37(43)41-36)26-18-20-28(21-19-26)40-39-33-15-7-5-13-31(33)30-12-4-6-14-32(30)38(39)34-16-8-9-17-35(34)42-40/h1-25H. The molecule has 0 N–H and O–H groups in total. The van der Waals surface area contributed by atoms with Crippen LogP contribution in [0.4, 0.5) is 0 Å². The SMILES string of the molecule is c1ccc(-c2cn3ccc(-c4ccc(-c5nc6ccccc6c6c7ccccc7c7ccccc7c56)cc4)cc3n2)cc1. The first kappa shape index (κ1) is 23.9. The van der Waals surface area contributed by atoms with Crippen LogP contribution in [-0.4, -0.2) is 14.4 Å². The summed E-state index contributed by atoms with van der Waals surface area (Å²) in [6, 6.07) is 49.4. The highest BCUT2D eigenvalue weighted by atomic mass is 15.0. The number of hydrogen-bond acceptors (Lipinski definition) is 2. The van der Waals surface area contributed by atoms with E-state index in [1.807, 2.05) is 18.2 Å². The van der Waals surface area contributed by atoms with Gasteiger partial charge in [0.2, 0.25) is 0 Å². The lowest BCUT2D eigenvalue weighted by atomic mass is 9.90. The van der Waals surface area contributed by atoms with Crippen molar-refractivity contribution in [3.63, 3.8) is 0 Å². The van der Waals surface area contributed by atoms with Crippen molar-refractivity contribution in [2.45, 2.75) is 0 Å². The Labute approximate surface area is 248 Å². The van der Waals surface area contributed by atoms with Crippen LogP contribution in [0.1, 0.15) is 0 Å². The fraction of sp³-hybridized carbons (Fsp3) is 0. The maximum absolute atomic E-state index is 5.29. The van der Waals surface area contributed by atoms with Crippen LogP contribution in [0.15, 0.2) is 152 Å². The van der Waals surface area contributed by atoms with Crippen LogP contribution in [0, 0.1) is 0 Å². The number of para-hydroxylation sites is 1. The Morgan fingerprint density at radius 1 is 0.419 bits per heavy atom. The molecule has 6 aromatic carbocycles. The lowest BCUT2D eigenvalue weighted by Gasteiger charge is -2.16. The highest BCUT2D eigenvalue weighted by Crippen LogP contribution is 2.42.